The van der Waals surface area contributed by atoms with E-state index in [-0.39, 0.29) is 23.3 Å². The van der Waals surface area contributed by atoms with Gasteiger partial charge < -0.3 is 10.4 Å². The fourth-order valence-electron chi connectivity index (χ4n) is 2.78. The van der Waals surface area contributed by atoms with E-state index in [4.69, 9.17) is 0 Å². The van der Waals surface area contributed by atoms with Gasteiger partial charge in [0.2, 0.25) is 0 Å². The molecular weight excluding hydrogens is 471 g/mol. The molecule has 23 heavy (non-hydrogen) atoms. The maximum atomic E-state index is 12.4. The Morgan fingerprint density at radius 1 is 1.48 bits per heavy atom. The SMILES string of the molecule is C[C@H]1CCCC[C@@H]1NC(=O)/C(C#N)=C/c1cc(Br)cc(I)c1O. The van der Waals surface area contributed by atoms with Crippen LogP contribution in [0.5, 0.6) is 5.75 Å². The van der Waals surface area contributed by atoms with Gasteiger partial charge >= 0.3 is 0 Å². The summed E-state index contributed by atoms with van der Waals surface area (Å²) in [6.07, 6.45) is 5.78. The van der Waals surface area contributed by atoms with Crippen LogP contribution in [0.2, 0.25) is 0 Å². The van der Waals surface area contributed by atoms with Crippen LogP contribution in [-0.4, -0.2) is 17.1 Å². The van der Waals surface area contributed by atoms with E-state index in [1.807, 2.05) is 28.7 Å². The van der Waals surface area contributed by atoms with Crippen LogP contribution in [0.25, 0.3) is 6.08 Å². The van der Waals surface area contributed by atoms with Crippen molar-refractivity contribution in [1.82, 2.24) is 5.32 Å². The number of aromatic hydroxyl groups is 1. The van der Waals surface area contributed by atoms with Crippen LogP contribution in [-0.2, 0) is 4.79 Å². The van der Waals surface area contributed by atoms with Crippen molar-refractivity contribution in [2.45, 2.75) is 38.6 Å². The summed E-state index contributed by atoms with van der Waals surface area (Å²) in [5, 5.41) is 22.4. The van der Waals surface area contributed by atoms with E-state index >= 15 is 0 Å². The summed E-state index contributed by atoms with van der Waals surface area (Å²) in [5.41, 5.74) is 0.458. The molecule has 2 N–H and O–H groups in total. The Labute approximate surface area is 158 Å². The predicted octanol–water partition coefficient (Wildman–Crippen LogP) is 4.36. The van der Waals surface area contributed by atoms with Gasteiger partial charge in [-0.25, -0.2) is 0 Å². The molecule has 1 aromatic carbocycles. The molecule has 0 spiro atoms. The number of phenols is 1. The molecule has 1 saturated carbocycles. The van der Waals surface area contributed by atoms with E-state index in [1.165, 1.54) is 12.5 Å². The van der Waals surface area contributed by atoms with Gasteiger partial charge in [0.1, 0.15) is 17.4 Å². The minimum absolute atomic E-state index is 0.00646. The zero-order chi connectivity index (χ0) is 17.0. The summed E-state index contributed by atoms with van der Waals surface area (Å²) < 4.78 is 1.44. The number of amides is 1. The number of phenolic OH excluding ortho intramolecular Hbond substituents is 1. The quantitative estimate of drug-likeness (QED) is 0.377. The maximum Gasteiger partial charge on any atom is 0.262 e. The summed E-state index contributed by atoms with van der Waals surface area (Å²) in [4.78, 5) is 12.4. The Kier molecular flexibility index (Phi) is 6.48. The van der Waals surface area contributed by atoms with Gasteiger partial charge in [-0.2, -0.15) is 5.26 Å². The molecule has 1 amide bonds. The highest BCUT2D eigenvalue weighted by atomic mass is 127. The largest absolute Gasteiger partial charge is 0.506 e. The van der Waals surface area contributed by atoms with Crippen LogP contribution in [0.1, 0.15) is 38.2 Å². The number of nitrogens with zero attached hydrogens (tertiary/aromatic N) is 1. The number of benzene rings is 1. The number of carbonyl (C=O) groups is 1. The van der Waals surface area contributed by atoms with Crippen molar-refractivity contribution in [3.8, 4) is 11.8 Å². The van der Waals surface area contributed by atoms with Crippen LogP contribution in [0.15, 0.2) is 22.2 Å². The molecular formula is C17H18BrIN2O2. The summed E-state index contributed by atoms with van der Waals surface area (Å²) >= 11 is 5.36. The lowest BCUT2D eigenvalue weighted by Gasteiger charge is -2.29. The van der Waals surface area contributed by atoms with Crippen molar-refractivity contribution >= 4 is 50.5 Å². The van der Waals surface area contributed by atoms with Gasteiger partial charge in [0, 0.05) is 16.1 Å². The highest BCUT2D eigenvalue weighted by molar-refractivity contribution is 14.1. The lowest BCUT2D eigenvalue weighted by Crippen LogP contribution is -2.41. The van der Waals surface area contributed by atoms with Crippen LogP contribution >= 0.6 is 38.5 Å². The number of rotatable bonds is 3. The fraction of sp³-hybridized carbons (Fsp3) is 0.412. The van der Waals surface area contributed by atoms with Crippen molar-refractivity contribution in [3.05, 3.63) is 31.3 Å². The van der Waals surface area contributed by atoms with Crippen molar-refractivity contribution < 1.29 is 9.90 Å². The molecule has 6 heteroatoms. The first-order valence-electron chi connectivity index (χ1n) is 7.53. The molecule has 0 aromatic heterocycles. The van der Waals surface area contributed by atoms with Gasteiger partial charge in [-0.1, -0.05) is 35.7 Å². The van der Waals surface area contributed by atoms with Crippen molar-refractivity contribution in [2.75, 3.05) is 0 Å². The molecule has 0 unspecified atom stereocenters. The van der Waals surface area contributed by atoms with Crippen molar-refractivity contribution in [2.24, 2.45) is 5.92 Å². The smallest absolute Gasteiger partial charge is 0.262 e. The zero-order valence-corrected chi connectivity index (χ0v) is 16.5. The normalized spacial score (nSPS) is 21.6. The summed E-state index contributed by atoms with van der Waals surface area (Å²) in [6, 6.07) is 5.51. The number of hydrogen-bond acceptors (Lipinski definition) is 3. The van der Waals surface area contributed by atoms with Gasteiger partial charge in [0.15, 0.2) is 0 Å². The van der Waals surface area contributed by atoms with Gasteiger partial charge in [-0.3, -0.25) is 4.79 Å². The second kappa shape index (κ2) is 8.15. The van der Waals surface area contributed by atoms with E-state index in [0.717, 1.165) is 23.7 Å². The number of halogens is 2. The number of carbonyl (C=O) groups excluding carboxylic acids is 1. The first kappa shape index (κ1) is 18.3. The average Bonchev–Trinajstić information content (AvgIpc) is 2.51. The molecule has 0 bridgehead atoms. The summed E-state index contributed by atoms with van der Waals surface area (Å²) in [5.74, 6) is 0.119. The third-order valence-electron chi connectivity index (χ3n) is 4.15. The number of nitrogens with one attached hydrogen (secondary N) is 1. The molecule has 0 radical (unpaired) electrons. The van der Waals surface area contributed by atoms with E-state index in [2.05, 4.69) is 28.2 Å². The fourth-order valence-corrected chi connectivity index (χ4v) is 4.33. The lowest BCUT2D eigenvalue weighted by atomic mass is 9.86. The topological polar surface area (TPSA) is 73.1 Å². The van der Waals surface area contributed by atoms with Gasteiger partial charge in [-0.15, -0.1) is 0 Å². The van der Waals surface area contributed by atoms with Crippen LogP contribution < -0.4 is 5.32 Å². The minimum Gasteiger partial charge on any atom is -0.506 e. The number of nitriles is 1. The van der Waals surface area contributed by atoms with Crippen molar-refractivity contribution in [3.63, 3.8) is 0 Å². The Morgan fingerprint density at radius 3 is 2.83 bits per heavy atom. The lowest BCUT2D eigenvalue weighted by molar-refractivity contribution is -0.118. The van der Waals surface area contributed by atoms with E-state index in [1.54, 1.807) is 12.1 Å². The van der Waals surface area contributed by atoms with Crippen molar-refractivity contribution in [1.29, 1.82) is 5.26 Å². The molecule has 1 aliphatic rings. The monoisotopic (exact) mass is 488 g/mol. The van der Waals surface area contributed by atoms with Crippen LogP contribution in [0.3, 0.4) is 0 Å². The molecule has 2 atom stereocenters. The van der Waals surface area contributed by atoms with E-state index in [0.29, 0.717) is 15.1 Å². The standard InChI is InChI=1S/C17H18BrIN2O2/c1-10-4-2-3-5-15(10)21-17(23)12(9-20)6-11-7-13(18)8-14(19)16(11)22/h6-8,10,15,22H,2-5H2,1H3,(H,21,23)/b12-6+/t10-,15-/m0/s1. The predicted molar refractivity (Wildman–Crippen MR) is 102 cm³/mol. The third kappa shape index (κ3) is 4.70. The van der Waals surface area contributed by atoms with Gasteiger partial charge in [0.05, 0.1) is 3.57 Å². The molecule has 122 valence electrons. The van der Waals surface area contributed by atoms with E-state index < -0.39 is 0 Å². The molecule has 0 heterocycles. The molecule has 1 aromatic rings. The molecule has 4 nitrogen and oxygen atoms in total. The molecule has 0 aliphatic heterocycles. The highest BCUT2D eigenvalue weighted by Crippen LogP contribution is 2.30. The van der Waals surface area contributed by atoms with Crippen LogP contribution in [0.4, 0.5) is 0 Å². The summed E-state index contributed by atoms with van der Waals surface area (Å²) in [7, 11) is 0. The Balaban J connectivity index is 2.22. The third-order valence-corrected chi connectivity index (χ3v) is 5.43. The Bertz CT molecular complexity index is 682. The average molecular weight is 489 g/mol. The second-order valence-corrected chi connectivity index (χ2v) is 7.91. The highest BCUT2D eigenvalue weighted by Gasteiger charge is 2.24. The van der Waals surface area contributed by atoms with E-state index in [9.17, 15) is 15.2 Å². The second-order valence-electron chi connectivity index (χ2n) is 5.84. The minimum atomic E-state index is -0.374. The molecule has 1 aliphatic carbocycles. The molecule has 1 fully saturated rings. The maximum absolute atomic E-state index is 12.4. The van der Waals surface area contributed by atoms with Crippen LogP contribution in [0, 0.1) is 20.8 Å². The van der Waals surface area contributed by atoms with Gasteiger partial charge in [0.25, 0.3) is 5.91 Å². The first-order valence-corrected chi connectivity index (χ1v) is 9.40. The summed E-state index contributed by atoms with van der Waals surface area (Å²) in [6.45, 7) is 2.13. The van der Waals surface area contributed by atoms with Gasteiger partial charge in [-0.05, 0) is 59.6 Å². The Morgan fingerprint density at radius 2 is 2.17 bits per heavy atom. The zero-order valence-electron chi connectivity index (χ0n) is 12.8. The number of hydrogen-bond donors (Lipinski definition) is 2. The molecule has 2 rings (SSSR count). The Hall–Kier alpha value is -1.07. The molecule has 0 saturated heterocycles. The first-order chi connectivity index (χ1) is 10.9.